The normalized spacial score (nSPS) is 11.9. The number of hydrogen-bond donors (Lipinski definition) is 1. The van der Waals surface area contributed by atoms with Gasteiger partial charge >= 0.3 is 0 Å². The molecule has 5 nitrogen and oxygen atoms in total. The molecule has 1 N–H and O–H groups in total. The minimum Gasteiger partial charge on any atom is -0.344 e. The molecule has 0 spiro atoms. The number of benzene rings is 2. The first kappa shape index (κ1) is 22.3. The number of aryl methyl sites for hydroxylation is 1. The lowest BCUT2D eigenvalue weighted by atomic mass is 10.1. The summed E-state index contributed by atoms with van der Waals surface area (Å²) in [6, 6.07) is 22.3. The van der Waals surface area contributed by atoms with Crippen LogP contribution < -0.4 is 5.32 Å². The van der Waals surface area contributed by atoms with Crippen LogP contribution in [-0.4, -0.2) is 26.4 Å². The Morgan fingerprint density at radius 1 is 1.09 bits per heavy atom. The zero-order chi connectivity index (χ0) is 22.3. The van der Waals surface area contributed by atoms with E-state index < -0.39 is 0 Å². The maximum Gasteiger partial charge on any atom is 0.231 e. The van der Waals surface area contributed by atoms with Crippen molar-refractivity contribution in [3.05, 3.63) is 88.1 Å². The number of rotatable bonds is 9. The van der Waals surface area contributed by atoms with Gasteiger partial charge in [0.15, 0.2) is 11.0 Å². The number of thiophene rings is 1. The number of carbonyl (C=O) groups is 1. The van der Waals surface area contributed by atoms with Crippen LogP contribution in [0.15, 0.2) is 77.3 Å². The molecule has 32 heavy (non-hydrogen) atoms. The topological polar surface area (TPSA) is 59.8 Å². The highest BCUT2D eigenvalue weighted by Crippen LogP contribution is 2.28. The lowest BCUT2D eigenvalue weighted by Gasteiger charge is -2.18. The van der Waals surface area contributed by atoms with Crippen LogP contribution in [0.2, 0.25) is 0 Å². The number of amides is 1. The fraction of sp³-hybridized carbons (Fsp3) is 0.240. The summed E-state index contributed by atoms with van der Waals surface area (Å²) in [4.78, 5) is 14.0. The number of hydrogen-bond acceptors (Lipinski definition) is 5. The van der Waals surface area contributed by atoms with E-state index >= 15 is 0 Å². The van der Waals surface area contributed by atoms with E-state index in [2.05, 4.69) is 58.2 Å². The lowest BCUT2D eigenvalue weighted by molar-refractivity contribution is -0.119. The van der Waals surface area contributed by atoms with Crippen molar-refractivity contribution in [1.82, 2.24) is 20.1 Å². The summed E-state index contributed by atoms with van der Waals surface area (Å²) < 4.78 is 2.11. The van der Waals surface area contributed by atoms with E-state index in [1.54, 1.807) is 11.3 Å². The summed E-state index contributed by atoms with van der Waals surface area (Å²) in [5.74, 6) is 1.10. The molecule has 0 saturated heterocycles. The van der Waals surface area contributed by atoms with Gasteiger partial charge in [-0.15, -0.1) is 21.5 Å². The van der Waals surface area contributed by atoms with Gasteiger partial charge in [0.2, 0.25) is 5.91 Å². The van der Waals surface area contributed by atoms with Crippen molar-refractivity contribution in [3.8, 4) is 11.4 Å². The summed E-state index contributed by atoms with van der Waals surface area (Å²) in [6.45, 7) is 5.01. The van der Waals surface area contributed by atoms with Crippen LogP contribution in [0, 0.1) is 6.92 Å². The first-order valence-electron chi connectivity index (χ1n) is 10.7. The Morgan fingerprint density at radius 3 is 2.66 bits per heavy atom. The molecule has 4 rings (SSSR count). The third kappa shape index (κ3) is 5.29. The Morgan fingerprint density at radius 2 is 1.94 bits per heavy atom. The van der Waals surface area contributed by atoms with Gasteiger partial charge in [-0.05, 0) is 36.4 Å². The van der Waals surface area contributed by atoms with Crippen molar-refractivity contribution < 1.29 is 4.79 Å². The highest BCUT2D eigenvalue weighted by atomic mass is 32.2. The molecule has 2 heterocycles. The number of nitrogens with one attached hydrogen (secondary N) is 1. The molecule has 2 aromatic heterocycles. The molecule has 0 bridgehead atoms. The van der Waals surface area contributed by atoms with Gasteiger partial charge in [-0.3, -0.25) is 4.79 Å². The maximum atomic E-state index is 12.9. The molecule has 0 radical (unpaired) electrons. The van der Waals surface area contributed by atoms with Gasteiger partial charge in [-0.2, -0.15) is 0 Å². The van der Waals surface area contributed by atoms with E-state index in [0.717, 1.165) is 40.0 Å². The Bertz CT molecular complexity index is 1160. The predicted octanol–water partition coefficient (Wildman–Crippen LogP) is 5.72. The predicted molar refractivity (Wildman–Crippen MR) is 132 cm³/mol. The van der Waals surface area contributed by atoms with E-state index in [1.165, 1.54) is 17.3 Å². The molecule has 0 fully saturated rings. The number of thioether (sulfide) groups is 1. The Hall–Kier alpha value is -2.90. The largest absolute Gasteiger partial charge is 0.344 e. The zero-order valence-corrected chi connectivity index (χ0v) is 19.8. The van der Waals surface area contributed by atoms with Gasteiger partial charge < -0.3 is 9.88 Å². The fourth-order valence-electron chi connectivity index (χ4n) is 3.57. The molecular weight excluding hydrogens is 436 g/mol. The standard InChI is InChI=1S/C25H26N4OS2/c1-3-14-29-24(20-12-7-9-18(2)16-20)27-28-25(29)32-17-22(30)26-23(21-13-8-15-31-21)19-10-5-4-6-11-19/h4-13,15-16,23H,3,14,17H2,1-2H3,(H,26,30)/t23-/m0/s1. The van der Waals surface area contributed by atoms with Crippen LogP contribution in [-0.2, 0) is 11.3 Å². The quantitative estimate of drug-likeness (QED) is 0.323. The highest BCUT2D eigenvalue weighted by molar-refractivity contribution is 7.99. The van der Waals surface area contributed by atoms with Crippen LogP contribution in [0.4, 0.5) is 0 Å². The molecule has 0 unspecified atom stereocenters. The van der Waals surface area contributed by atoms with Gasteiger partial charge in [0, 0.05) is 17.0 Å². The zero-order valence-electron chi connectivity index (χ0n) is 18.2. The summed E-state index contributed by atoms with van der Waals surface area (Å²) >= 11 is 3.08. The minimum absolute atomic E-state index is 0.0274. The van der Waals surface area contributed by atoms with Crippen molar-refractivity contribution in [2.75, 3.05) is 5.75 Å². The maximum absolute atomic E-state index is 12.9. The molecule has 4 aromatic rings. The van der Waals surface area contributed by atoms with Crippen molar-refractivity contribution in [2.24, 2.45) is 0 Å². The molecule has 1 amide bonds. The average molecular weight is 463 g/mol. The first-order chi connectivity index (χ1) is 15.7. The number of carbonyl (C=O) groups excluding carboxylic acids is 1. The average Bonchev–Trinajstić information content (AvgIpc) is 3.47. The second-order valence-corrected chi connectivity index (χ2v) is 9.46. The van der Waals surface area contributed by atoms with Crippen molar-refractivity contribution in [2.45, 2.75) is 38.0 Å². The van der Waals surface area contributed by atoms with Crippen LogP contribution in [0.25, 0.3) is 11.4 Å². The van der Waals surface area contributed by atoms with Crippen molar-refractivity contribution in [3.63, 3.8) is 0 Å². The van der Waals surface area contributed by atoms with Crippen LogP contribution in [0.5, 0.6) is 0 Å². The molecule has 0 aliphatic heterocycles. The summed E-state index contributed by atoms with van der Waals surface area (Å²) in [6.07, 6.45) is 0.963. The van der Waals surface area contributed by atoms with E-state index in [0.29, 0.717) is 0 Å². The third-order valence-electron chi connectivity index (χ3n) is 5.04. The van der Waals surface area contributed by atoms with Gasteiger partial charge in [0.05, 0.1) is 11.8 Å². The van der Waals surface area contributed by atoms with Crippen LogP contribution in [0.3, 0.4) is 0 Å². The molecule has 0 saturated carbocycles. The second kappa shape index (κ2) is 10.6. The Balaban J connectivity index is 1.49. The monoisotopic (exact) mass is 462 g/mol. The summed E-state index contributed by atoms with van der Waals surface area (Å²) in [5, 5.41) is 14.8. The summed E-state index contributed by atoms with van der Waals surface area (Å²) in [7, 11) is 0. The van der Waals surface area contributed by atoms with Gasteiger partial charge in [0.25, 0.3) is 0 Å². The lowest BCUT2D eigenvalue weighted by Crippen LogP contribution is -2.30. The van der Waals surface area contributed by atoms with Crippen molar-refractivity contribution >= 4 is 29.0 Å². The van der Waals surface area contributed by atoms with Gasteiger partial charge in [-0.25, -0.2) is 0 Å². The smallest absolute Gasteiger partial charge is 0.231 e. The Labute approximate surface area is 196 Å². The van der Waals surface area contributed by atoms with Crippen LogP contribution >= 0.6 is 23.1 Å². The van der Waals surface area contributed by atoms with Gasteiger partial charge in [0.1, 0.15) is 0 Å². The second-order valence-electron chi connectivity index (χ2n) is 7.54. The highest BCUT2D eigenvalue weighted by Gasteiger charge is 2.19. The van der Waals surface area contributed by atoms with Crippen molar-refractivity contribution in [1.29, 1.82) is 0 Å². The third-order valence-corrected chi connectivity index (χ3v) is 6.94. The number of aromatic nitrogens is 3. The summed E-state index contributed by atoms with van der Waals surface area (Å²) in [5.41, 5.74) is 3.30. The molecule has 7 heteroatoms. The van der Waals surface area contributed by atoms with Gasteiger partial charge in [-0.1, -0.05) is 78.8 Å². The SMILES string of the molecule is CCCn1c(SCC(=O)N[C@@H](c2ccccc2)c2cccs2)nnc1-c1cccc(C)c1. The molecule has 164 valence electrons. The van der Waals surface area contributed by atoms with E-state index in [9.17, 15) is 4.79 Å². The van der Waals surface area contributed by atoms with Crippen LogP contribution in [0.1, 0.15) is 35.4 Å². The minimum atomic E-state index is -0.152. The molecule has 0 aliphatic rings. The van der Waals surface area contributed by atoms with E-state index in [1.807, 2.05) is 47.8 Å². The van der Waals surface area contributed by atoms with E-state index in [-0.39, 0.29) is 17.7 Å². The number of nitrogens with zero attached hydrogens (tertiary/aromatic N) is 3. The molecular formula is C25H26N4OS2. The Kier molecular flexibility index (Phi) is 7.39. The first-order valence-corrected chi connectivity index (χ1v) is 12.5. The molecule has 0 aliphatic carbocycles. The molecule has 2 aromatic carbocycles. The van der Waals surface area contributed by atoms with E-state index in [4.69, 9.17) is 0 Å². The fourth-order valence-corrected chi connectivity index (χ4v) is 5.15. The molecule has 1 atom stereocenters.